The van der Waals surface area contributed by atoms with E-state index in [2.05, 4.69) is 6.92 Å². The summed E-state index contributed by atoms with van der Waals surface area (Å²) in [6, 6.07) is 0. The van der Waals surface area contributed by atoms with Crippen LogP contribution in [0.25, 0.3) is 0 Å². The van der Waals surface area contributed by atoms with Crippen molar-refractivity contribution in [3.63, 3.8) is 0 Å². The summed E-state index contributed by atoms with van der Waals surface area (Å²) in [6.07, 6.45) is 9.48. The molecule has 1 heterocycles. The van der Waals surface area contributed by atoms with Crippen LogP contribution in [0.2, 0.25) is 0 Å². The summed E-state index contributed by atoms with van der Waals surface area (Å²) < 4.78 is 12.0. The molecule has 1 aliphatic heterocycles. The molecule has 2 saturated carbocycles. The third-order valence-electron chi connectivity index (χ3n) is 6.08. The Labute approximate surface area is 128 Å². The summed E-state index contributed by atoms with van der Waals surface area (Å²) in [5.74, 6) is 1.30. The molecule has 0 radical (unpaired) electrons. The average molecular weight is 294 g/mol. The molecule has 3 aliphatic rings. The molecular weight excluding hydrogens is 264 g/mol. The first-order chi connectivity index (χ1) is 10.1. The Hall–Kier alpha value is -0.410. The molecule has 3 rings (SSSR count). The Morgan fingerprint density at radius 1 is 1.19 bits per heavy atom. The van der Waals surface area contributed by atoms with E-state index in [9.17, 15) is 4.79 Å². The predicted molar refractivity (Wildman–Crippen MR) is 82.3 cm³/mol. The van der Waals surface area contributed by atoms with Gasteiger partial charge in [0.05, 0.1) is 5.60 Å². The van der Waals surface area contributed by atoms with Crippen molar-refractivity contribution < 1.29 is 14.3 Å². The van der Waals surface area contributed by atoms with Crippen LogP contribution in [-0.2, 0) is 14.3 Å². The second-order valence-corrected chi connectivity index (χ2v) is 7.55. The van der Waals surface area contributed by atoms with E-state index in [1.807, 2.05) is 6.92 Å². The lowest BCUT2D eigenvalue weighted by atomic mass is 9.67. The van der Waals surface area contributed by atoms with Crippen LogP contribution in [0.5, 0.6) is 0 Å². The van der Waals surface area contributed by atoms with Crippen molar-refractivity contribution in [1.29, 1.82) is 0 Å². The Morgan fingerprint density at radius 2 is 1.90 bits per heavy atom. The third-order valence-corrected chi connectivity index (χ3v) is 6.08. The molecule has 0 amide bonds. The summed E-state index contributed by atoms with van der Waals surface area (Å²) in [5.41, 5.74) is -0.428. The van der Waals surface area contributed by atoms with Crippen molar-refractivity contribution in [1.82, 2.24) is 0 Å². The lowest BCUT2D eigenvalue weighted by Crippen LogP contribution is -2.53. The van der Waals surface area contributed by atoms with Crippen molar-refractivity contribution in [2.24, 2.45) is 11.8 Å². The van der Waals surface area contributed by atoms with E-state index in [1.165, 1.54) is 6.42 Å². The molecule has 1 saturated heterocycles. The van der Waals surface area contributed by atoms with Gasteiger partial charge in [0.1, 0.15) is 5.60 Å². The number of carbonyl (C=O) groups is 1. The maximum absolute atomic E-state index is 13.2. The number of carbonyl (C=O) groups excluding carboxylic acids is 1. The lowest BCUT2D eigenvalue weighted by molar-refractivity contribution is -0.174. The maximum Gasteiger partial charge on any atom is 0.167 e. The highest BCUT2D eigenvalue weighted by atomic mass is 16.5. The number of rotatable bonds is 4. The van der Waals surface area contributed by atoms with Crippen LogP contribution in [0, 0.1) is 11.8 Å². The Kier molecular flexibility index (Phi) is 4.42. The highest BCUT2D eigenvalue weighted by Gasteiger charge is 2.50. The van der Waals surface area contributed by atoms with Crippen LogP contribution in [0.15, 0.2) is 0 Å². The quantitative estimate of drug-likeness (QED) is 0.789. The summed E-state index contributed by atoms with van der Waals surface area (Å²) in [5, 5.41) is 0. The van der Waals surface area contributed by atoms with Gasteiger partial charge >= 0.3 is 0 Å². The minimum absolute atomic E-state index is 0.0495. The van der Waals surface area contributed by atoms with Crippen LogP contribution in [0.1, 0.15) is 71.6 Å². The van der Waals surface area contributed by atoms with E-state index in [-0.39, 0.29) is 11.5 Å². The molecule has 1 spiro atoms. The molecule has 0 N–H and O–H groups in total. The number of hydrogen-bond donors (Lipinski definition) is 0. The van der Waals surface area contributed by atoms with Gasteiger partial charge in [0.2, 0.25) is 0 Å². The maximum atomic E-state index is 13.2. The molecule has 3 heteroatoms. The van der Waals surface area contributed by atoms with Crippen LogP contribution in [0.4, 0.5) is 0 Å². The third kappa shape index (κ3) is 2.92. The van der Waals surface area contributed by atoms with E-state index in [4.69, 9.17) is 9.47 Å². The normalized spacial score (nSPS) is 39.0. The van der Waals surface area contributed by atoms with E-state index in [0.29, 0.717) is 12.4 Å². The highest BCUT2D eigenvalue weighted by Crippen LogP contribution is 2.47. The molecule has 0 bridgehead atoms. The second kappa shape index (κ2) is 6.00. The van der Waals surface area contributed by atoms with Gasteiger partial charge in [-0.3, -0.25) is 4.79 Å². The van der Waals surface area contributed by atoms with Crippen molar-refractivity contribution in [3.05, 3.63) is 0 Å². The molecule has 0 aromatic rings. The van der Waals surface area contributed by atoms with Gasteiger partial charge in [0, 0.05) is 19.1 Å². The van der Waals surface area contributed by atoms with Crippen molar-refractivity contribution in [2.75, 3.05) is 13.2 Å². The first kappa shape index (κ1) is 15.5. The van der Waals surface area contributed by atoms with Gasteiger partial charge in [-0.1, -0.05) is 6.92 Å². The van der Waals surface area contributed by atoms with Gasteiger partial charge in [-0.25, -0.2) is 0 Å². The van der Waals surface area contributed by atoms with E-state index in [1.54, 1.807) is 0 Å². The molecular formula is C18H30O3. The van der Waals surface area contributed by atoms with E-state index < -0.39 is 5.60 Å². The number of hydrogen-bond acceptors (Lipinski definition) is 3. The zero-order valence-electron chi connectivity index (χ0n) is 13.7. The topological polar surface area (TPSA) is 35.5 Å². The molecule has 0 aromatic heterocycles. The zero-order valence-corrected chi connectivity index (χ0v) is 13.7. The first-order valence-corrected chi connectivity index (χ1v) is 8.91. The van der Waals surface area contributed by atoms with Gasteiger partial charge in [-0.2, -0.15) is 0 Å². The number of ether oxygens (including phenoxy) is 2. The molecule has 120 valence electrons. The Morgan fingerprint density at radius 3 is 2.48 bits per heavy atom. The minimum atomic E-state index is -0.478. The monoisotopic (exact) mass is 294 g/mol. The lowest BCUT2D eigenvalue weighted by Gasteiger charge is -2.49. The summed E-state index contributed by atoms with van der Waals surface area (Å²) >= 11 is 0. The first-order valence-electron chi connectivity index (χ1n) is 8.91. The van der Waals surface area contributed by atoms with E-state index in [0.717, 1.165) is 63.9 Å². The van der Waals surface area contributed by atoms with Crippen molar-refractivity contribution in [3.8, 4) is 0 Å². The molecule has 0 aromatic carbocycles. The van der Waals surface area contributed by atoms with Gasteiger partial charge in [0.15, 0.2) is 5.78 Å². The number of ketones is 1. The van der Waals surface area contributed by atoms with Crippen LogP contribution in [-0.4, -0.2) is 30.2 Å². The van der Waals surface area contributed by atoms with Crippen LogP contribution in [0.3, 0.4) is 0 Å². The standard InChI is InChI=1S/C18H30O3/c1-3-20-18(10-5-14(2)6-11-18)16(19)15-7-12-21-17(13-15)8-4-9-17/h14-15H,3-13H2,1-2H3. The van der Waals surface area contributed by atoms with Crippen LogP contribution >= 0.6 is 0 Å². The van der Waals surface area contributed by atoms with Crippen molar-refractivity contribution >= 4 is 5.78 Å². The summed E-state index contributed by atoms with van der Waals surface area (Å²) in [7, 11) is 0. The largest absolute Gasteiger partial charge is 0.375 e. The van der Waals surface area contributed by atoms with Gasteiger partial charge in [-0.05, 0) is 70.6 Å². The van der Waals surface area contributed by atoms with Gasteiger partial charge < -0.3 is 9.47 Å². The molecule has 1 unspecified atom stereocenters. The average Bonchev–Trinajstić information content (AvgIpc) is 2.48. The second-order valence-electron chi connectivity index (χ2n) is 7.55. The fraction of sp³-hybridized carbons (Fsp3) is 0.944. The Balaban J connectivity index is 1.71. The van der Waals surface area contributed by atoms with Gasteiger partial charge in [-0.15, -0.1) is 0 Å². The van der Waals surface area contributed by atoms with E-state index >= 15 is 0 Å². The molecule has 2 aliphatic carbocycles. The highest BCUT2D eigenvalue weighted by molar-refractivity contribution is 5.89. The van der Waals surface area contributed by atoms with Crippen LogP contribution < -0.4 is 0 Å². The Bertz CT molecular complexity index is 378. The summed E-state index contributed by atoms with van der Waals surface area (Å²) in [4.78, 5) is 13.2. The molecule has 1 atom stereocenters. The minimum Gasteiger partial charge on any atom is -0.375 e. The predicted octanol–water partition coefficient (Wildman–Crippen LogP) is 3.89. The molecule has 21 heavy (non-hydrogen) atoms. The van der Waals surface area contributed by atoms with Gasteiger partial charge in [0.25, 0.3) is 0 Å². The molecule has 3 nitrogen and oxygen atoms in total. The smallest absolute Gasteiger partial charge is 0.167 e. The fourth-order valence-corrected chi connectivity index (χ4v) is 4.51. The molecule has 3 fully saturated rings. The zero-order chi connectivity index (χ0) is 14.9. The summed E-state index contributed by atoms with van der Waals surface area (Å²) in [6.45, 7) is 5.71. The fourth-order valence-electron chi connectivity index (χ4n) is 4.51. The number of Topliss-reactive ketones (excluding diaryl/α,β-unsaturated/α-hetero) is 1. The van der Waals surface area contributed by atoms with Crippen molar-refractivity contribution in [2.45, 2.75) is 82.8 Å². The SMILES string of the molecule is CCOC1(C(=O)C2CCOC3(CCC3)C2)CCC(C)CC1.